The summed E-state index contributed by atoms with van der Waals surface area (Å²) in [4.78, 5) is 22.1. The van der Waals surface area contributed by atoms with Gasteiger partial charge in [0.05, 0.1) is 16.7 Å². The second kappa shape index (κ2) is 6.46. The number of nitrogens with two attached hydrogens (primary N) is 1. The number of nitro groups is 1. The van der Waals surface area contributed by atoms with Crippen LogP contribution in [0.15, 0.2) is 30.6 Å². The monoisotopic (exact) mass is 290 g/mol. The number of anilines is 1. The second-order valence-corrected chi connectivity index (χ2v) is 4.30. The normalized spacial score (nSPS) is 10.3. The van der Waals surface area contributed by atoms with Gasteiger partial charge in [0.1, 0.15) is 0 Å². The fraction of sp³-hybridized carbons (Fsp3) is 0.250. The van der Waals surface area contributed by atoms with Gasteiger partial charge in [0.2, 0.25) is 0 Å². The van der Waals surface area contributed by atoms with Crippen LogP contribution in [0.4, 0.5) is 11.4 Å². The molecule has 9 nitrogen and oxygen atoms in total. The van der Waals surface area contributed by atoms with E-state index in [1.54, 1.807) is 17.1 Å². The number of nitrogens with zero attached hydrogens (tertiary/aromatic N) is 4. The highest BCUT2D eigenvalue weighted by Crippen LogP contribution is 2.19. The fourth-order valence-corrected chi connectivity index (χ4v) is 1.74. The zero-order valence-electron chi connectivity index (χ0n) is 11.1. The Bertz CT molecular complexity index is 640. The largest absolute Gasteiger partial charge is 0.398 e. The van der Waals surface area contributed by atoms with Crippen LogP contribution < -0.4 is 11.1 Å². The van der Waals surface area contributed by atoms with Crippen LogP contribution in [0.2, 0.25) is 0 Å². The highest BCUT2D eigenvalue weighted by atomic mass is 16.6. The van der Waals surface area contributed by atoms with Crippen LogP contribution in [0.3, 0.4) is 0 Å². The first-order valence-electron chi connectivity index (χ1n) is 6.24. The van der Waals surface area contributed by atoms with Crippen molar-refractivity contribution in [1.29, 1.82) is 0 Å². The average Bonchev–Trinajstić information content (AvgIpc) is 2.96. The lowest BCUT2D eigenvalue weighted by Crippen LogP contribution is -2.26. The molecule has 0 radical (unpaired) electrons. The van der Waals surface area contributed by atoms with Gasteiger partial charge in [0, 0.05) is 37.1 Å². The summed E-state index contributed by atoms with van der Waals surface area (Å²) in [5.41, 5.74) is 5.80. The molecule has 0 saturated carbocycles. The van der Waals surface area contributed by atoms with Crippen molar-refractivity contribution < 1.29 is 9.72 Å². The molecule has 1 heterocycles. The second-order valence-electron chi connectivity index (χ2n) is 4.30. The third-order valence-corrected chi connectivity index (χ3v) is 2.81. The predicted molar refractivity (Wildman–Crippen MR) is 74.5 cm³/mol. The predicted octanol–water partition coefficient (Wildman–Crippen LogP) is 0.589. The number of aryl methyl sites for hydroxylation is 1. The van der Waals surface area contributed by atoms with Crippen LogP contribution >= 0.6 is 0 Å². The lowest BCUT2D eigenvalue weighted by molar-refractivity contribution is -0.384. The number of amides is 1. The van der Waals surface area contributed by atoms with Crippen molar-refractivity contribution in [1.82, 2.24) is 20.3 Å². The van der Waals surface area contributed by atoms with Crippen molar-refractivity contribution in [3.8, 4) is 0 Å². The van der Waals surface area contributed by atoms with Gasteiger partial charge in [-0.2, -0.15) is 0 Å². The van der Waals surface area contributed by atoms with E-state index in [0.717, 1.165) is 0 Å². The molecule has 0 aliphatic heterocycles. The molecule has 2 rings (SSSR count). The Hall–Kier alpha value is -2.97. The number of carbonyl (C=O) groups is 1. The Labute approximate surface area is 119 Å². The van der Waals surface area contributed by atoms with Gasteiger partial charge in [-0.15, -0.1) is 5.10 Å². The number of benzene rings is 1. The first-order valence-corrected chi connectivity index (χ1v) is 6.24. The number of nitrogens with one attached hydrogen (secondary N) is 1. The minimum atomic E-state index is -0.569. The van der Waals surface area contributed by atoms with Crippen molar-refractivity contribution in [2.45, 2.75) is 13.0 Å². The first-order chi connectivity index (χ1) is 10.1. The molecular weight excluding hydrogens is 276 g/mol. The molecule has 0 unspecified atom stereocenters. The molecule has 1 aromatic carbocycles. The third kappa shape index (κ3) is 3.75. The fourth-order valence-electron chi connectivity index (χ4n) is 1.74. The summed E-state index contributed by atoms with van der Waals surface area (Å²) < 4.78 is 1.65. The minimum Gasteiger partial charge on any atom is -0.398 e. The molecule has 9 heteroatoms. The van der Waals surface area contributed by atoms with Crippen molar-refractivity contribution in [2.24, 2.45) is 0 Å². The highest BCUT2D eigenvalue weighted by Gasteiger charge is 2.14. The minimum absolute atomic E-state index is 0.102. The molecule has 0 aliphatic carbocycles. The molecule has 0 aliphatic rings. The van der Waals surface area contributed by atoms with E-state index in [-0.39, 0.29) is 16.9 Å². The van der Waals surface area contributed by atoms with Gasteiger partial charge in [-0.25, -0.2) is 0 Å². The van der Waals surface area contributed by atoms with Crippen LogP contribution in [0.5, 0.6) is 0 Å². The van der Waals surface area contributed by atoms with Crippen molar-refractivity contribution in [3.63, 3.8) is 0 Å². The third-order valence-electron chi connectivity index (χ3n) is 2.81. The van der Waals surface area contributed by atoms with Gasteiger partial charge >= 0.3 is 0 Å². The van der Waals surface area contributed by atoms with Crippen molar-refractivity contribution in [2.75, 3.05) is 12.3 Å². The molecule has 0 spiro atoms. The molecule has 21 heavy (non-hydrogen) atoms. The van der Waals surface area contributed by atoms with E-state index < -0.39 is 10.8 Å². The summed E-state index contributed by atoms with van der Waals surface area (Å²) in [6, 6.07) is 3.78. The Morgan fingerprint density at radius 1 is 1.48 bits per heavy atom. The summed E-state index contributed by atoms with van der Waals surface area (Å²) in [6.07, 6.45) is 3.95. The number of rotatable bonds is 6. The summed E-state index contributed by atoms with van der Waals surface area (Å²) in [7, 11) is 0. The molecule has 1 aromatic heterocycles. The number of hydrogen-bond acceptors (Lipinski definition) is 6. The molecule has 1 amide bonds. The van der Waals surface area contributed by atoms with Gasteiger partial charge in [-0.3, -0.25) is 19.6 Å². The number of hydrogen-bond donors (Lipinski definition) is 2. The maximum absolute atomic E-state index is 12.0. The number of carbonyl (C=O) groups excluding carboxylic acids is 1. The van der Waals surface area contributed by atoms with Crippen molar-refractivity contribution >= 4 is 17.3 Å². The zero-order chi connectivity index (χ0) is 15.2. The average molecular weight is 290 g/mol. The molecular formula is C12H14N6O3. The maximum atomic E-state index is 12.0. The van der Waals surface area contributed by atoms with E-state index >= 15 is 0 Å². The summed E-state index contributed by atoms with van der Waals surface area (Å²) in [6.45, 7) is 1.02. The highest BCUT2D eigenvalue weighted by molar-refractivity contribution is 5.99. The van der Waals surface area contributed by atoms with Gasteiger partial charge in [-0.05, 0) is 12.5 Å². The Balaban J connectivity index is 1.90. The topological polar surface area (TPSA) is 129 Å². The van der Waals surface area contributed by atoms with E-state index in [1.165, 1.54) is 18.2 Å². The van der Waals surface area contributed by atoms with E-state index in [0.29, 0.717) is 19.5 Å². The molecule has 0 bridgehead atoms. The summed E-state index contributed by atoms with van der Waals surface area (Å²) in [5.74, 6) is -0.435. The van der Waals surface area contributed by atoms with Crippen LogP contribution in [0.25, 0.3) is 0 Å². The van der Waals surface area contributed by atoms with Crippen LogP contribution in [-0.2, 0) is 6.54 Å². The maximum Gasteiger partial charge on any atom is 0.270 e. The SMILES string of the molecule is Nc1ccc([N+](=O)[O-])cc1C(=O)NCCCn1ccnn1. The van der Waals surface area contributed by atoms with Gasteiger partial charge in [0.15, 0.2) is 0 Å². The van der Waals surface area contributed by atoms with Crippen molar-refractivity contribution in [3.05, 3.63) is 46.3 Å². The Morgan fingerprint density at radius 3 is 2.95 bits per heavy atom. The lowest BCUT2D eigenvalue weighted by atomic mass is 10.1. The smallest absolute Gasteiger partial charge is 0.270 e. The first kappa shape index (κ1) is 14.4. The zero-order valence-corrected chi connectivity index (χ0v) is 11.1. The molecule has 110 valence electrons. The Kier molecular flexibility index (Phi) is 4.44. The molecule has 3 N–H and O–H groups in total. The van der Waals surface area contributed by atoms with E-state index in [1.807, 2.05) is 0 Å². The van der Waals surface area contributed by atoms with Crippen LogP contribution in [0.1, 0.15) is 16.8 Å². The van der Waals surface area contributed by atoms with E-state index in [9.17, 15) is 14.9 Å². The van der Waals surface area contributed by atoms with Gasteiger partial charge in [0.25, 0.3) is 11.6 Å². The Morgan fingerprint density at radius 2 is 2.29 bits per heavy atom. The van der Waals surface area contributed by atoms with Crippen LogP contribution in [0, 0.1) is 10.1 Å². The van der Waals surface area contributed by atoms with Gasteiger partial charge < -0.3 is 11.1 Å². The molecule has 0 atom stereocenters. The molecule has 0 saturated heterocycles. The van der Waals surface area contributed by atoms with Gasteiger partial charge in [-0.1, -0.05) is 5.21 Å². The number of nitrogen functional groups attached to an aromatic ring is 1. The summed E-state index contributed by atoms with van der Waals surface area (Å²) in [5, 5.41) is 20.8. The standard InChI is InChI=1S/C12H14N6O3/c13-11-3-2-9(18(20)21)8-10(11)12(19)14-4-1-6-17-7-5-15-16-17/h2-3,5,7-8H,1,4,6,13H2,(H,14,19). The quantitative estimate of drug-likeness (QED) is 0.346. The number of aromatic nitrogens is 3. The number of non-ortho nitro benzene ring substituents is 1. The number of nitro benzene ring substituents is 1. The molecule has 2 aromatic rings. The lowest BCUT2D eigenvalue weighted by Gasteiger charge is -2.07. The summed E-state index contributed by atoms with van der Waals surface area (Å²) >= 11 is 0. The van der Waals surface area contributed by atoms with E-state index in [2.05, 4.69) is 15.6 Å². The molecule has 0 fully saturated rings. The van der Waals surface area contributed by atoms with E-state index in [4.69, 9.17) is 5.73 Å². The van der Waals surface area contributed by atoms with Crippen LogP contribution in [-0.4, -0.2) is 32.4 Å².